The number of hydrogen-bond acceptors (Lipinski definition) is 3. The lowest BCUT2D eigenvalue weighted by Gasteiger charge is -2.23. The second-order valence-corrected chi connectivity index (χ2v) is 4.54. The predicted molar refractivity (Wildman–Crippen MR) is 70.5 cm³/mol. The standard InChI is InChI=1S/C14H18F3NO3/c1-18(8-5-9-19)12(20)10-21-13(14(15,16)17)11-6-3-2-4-7-11/h2-4,6-7,13,19H,5,8-10H2,1H3/t13-/m1/s1. The molecule has 1 rings (SSSR count). The van der Waals surface area contributed by atoms with Gasteiger partial charge in [0.05, 0.1) is 0 Å². The molecule has 7 heteroatoms. The minimum atomic E-state index is -4.59. The number of carbonyl (C=O) groups is 1. The molecular formula is C14H18F3NO3. The van der Waals surface area contributed by atoms with Crippen LogP contribution in [-0.2, 0) is 9.53 Å². The third-order valence-corrected chi connectivity index (χ3v) is 2.85. The molecule has 118 valence electrons. The number of nitrogens with zero attached hydrogens (tertiary/aromatic N) is 1. The van der Waals surface area contributed by atoms with Gasteiger partial charge in [-0.1, -0.05) is 30.3 Å². The van der Waals surface area contributed by atoms with Crippen molar-refractivity contribution in [2.45, 2.75) is 18.7 Å². The van der Waals surface area contributed by atoms with E-state index in [4.69, 9.17) is 9.84 Å². The second-order valence-electron chi connectivity index (χ2n) is 4.54. The molecule has 0 heterocycles. The van der Waals surface area contributed by atoms with E-state index in [1.54, 1.807) is 6.07 Å². The largest absolute Gasteiger partial charge is 0.418 e. The molecule has 0 radical (unpaired) electrons. The first-order valence-corrected chi connectivity index (χ1v) is 6.44. The van der Waals surface area contributed by atoms with Crippen LogP contribution in [0.1, 0.15) is 18.1 Å². The fourth-order valence-electron chi connectivity index (χ4n) is 1.70. The number of rotatable bonds is 7. The summed E-state index contributed by atoms with van der Waals surface area (Å²) in [4.78, 5) is 12.9. The summed E-state index contributed by atoms with van der Waals surface area (Å²) >= 11 is 0. The van der Waals surface area contributed by atoms with Crippen LogP contribution in [0.25, 0.3) is 0 Å². The first-order chi connectivity index (χ1) is 9.86. The Balaban J connectivity index is 2.65. The summed E-state index contributed by atoms with van der Waals surface area (Å²) in [6, 6.07) is 7.17. The number of amides is 1. The van der Waals surface area contributed by atoms with Gasteiger partial charge in [0.1, 0.15) is 6.61 Å². The zero-order valence-electron chi connectivity index (χ0n) is 11.6. The average Bonchev–Trinajstić information content (AvgIpc) is 2.44. The van der Waals surface area contributed by atoms with Crippen molar-refractivity contribution in [2.75, 3.05) is 26.8 Å². The summed E-state index contributed by atoms with van der Waals surface area (Å²) in [6.45, 7) is -0.491. The number of aliphatic hydroxyl groups excluding tert-OH is 1. The topological polar surface area (TPSA) is 49.8 Å². The molecule has 21 heavy (non-hydrogen) atoms. The van der Waals surface area contributed by atoms with Gasteiger partial charge in [0.25, 0.3) is 0 Å². The Morgan fingerprint density at radius 1 is 1.33 bits per heavy atom. The minimum absolute atomic E-state index is 0.0455. The molecule has 0 aliphatic rings. The first-order valence-electron chi connectivity index (χ1n) is 6.44. The molecule has 1 amide bonds. The van der Waals surface area contributed by atoms with Crippen LogP contribution in [0.15, 0.2) is 30.3 Å². The molecule has 0 unspecified atom stereocenters. The number of hydrogen-bond donors (Lipinski definition) is 1. The van der Waals surface area contributed by atoms with Crippen LogP contribution in [-0.4, -0.2) is 48.9 Å². The number of alkyl halides is 3. The van der Waals surface area contributed by atoms with E-state index in [1.165, 1.54) is 36.2 Å². The Bertz CT molecular complexity index is 437. The van der Waals surface area contributed by atoms with E-state index in [0.29, 0.717) is 6.42 Å². The highest BCUT2D eigenvalue weighted by atomic mass is 19.4. The predicted octanol–water partition coefficient (Wildman–Crippen LogP) is 2.15. The summed E-state index contributed by atoms with van der Waals surface area (Å²) in [7, 11) is 1.45. The SMILES string of the molecule is CN(CCCO)C(=O)CO[C@H](c1ccccc1)C(F)(F)F. The molecule has 0 fully saturated rings. The van der Waals surface area contributed by atoms with Crippen LogP contribution in [0.4, 0.5) is 13.2 Å². The molecule has 0 saturated heterocycles. The Labute approximate surface area is 121 Å². The number of ether oxygens (including phenoxy) is 1. The van der Waals surface area contributed by atoms with Crippen molar-refractivity contribution in [1.82, 2.24) is 4.90 Å². The van der Waals surface area contributed by atoms with E-state index in [-0.39, 0.29) is 18.7 Å². The van der Waals surface area contributed by atoms with E-state index in [0.717, 1.165) is 0 Å². The highest BCUT2D eigenvalue weighted by molar-refractivity contribution is 5.77. The van der Waals surface area contributed by atoms with Gasteiger partial charge < -0.3 is 14.7 Å². The fraction of sp³-hybridized carbons (Fsp3) is 0.500. The van der Waals surface area contributed by atoms with Gasteiger partial charge in [-0.2, -0.15) is 13.2 Å². The van der Waals surface area contributed by atoms with Gasteiger partial charge in [0.2, 0.25) is 5.91 Å². The van der Waals surface area contributed by atoms with Crippen molar-refractivity contribution in [2.24, 2.45) is 0 Å². The Hall–Kier alpha value is -1.60. The molecule has 0 spiro atoms. The number of halogens is 3. The molecule has 1 aromatic rings. The first kappa shape index (κ1) is 17.5. The normalized spacial score (nSPS) is 13.0. The third-order valence-electron chi connectivity index (χ3n) is 2.85. The smallest absolute Gasteiger partial charge is 0.396 e. The molecule has 0 saturated carbocycles. The van der Waals surface area contributed by atoms with Gasteiger partial charge in [0.15, 0.2) is 6.10 Å². The van der Waals surface area contributed by atoms with Crippen molar-refractivity contribution in [1.29, 1.82) is 0 Å². The van der Waals surface area contributed by atoms with Gasteiger partial charge in [-0.15, -0.1) is 0 Å². The highest BCUT2D eigenvalue weighted by Crippen LogP contribution is 2.35. The summed E-state index contributed by atoms with van der Waals surface area (Å²) in [5, 5.41) is 8.65. The number of aliphatic hydroxyl groups is 1. The van der Waals surface area contributed by atoms with Crippen LogP contribution in [0.2, 0.25) is 0 Å². The summed E-state index contributed by atoms with van der Waals surface area (Å²) in [5.74, 6) is -0.561. The maximum absolute atomic E-state index is 13.0. The molecular weight excluding hydrogens is 287 g/mol. The van der Waals surface area contributed by atoms with Gasteiger partial charge in [-0.05, 0) is 12.0 Å². The maximum Gasteiger partial charge on any atom is 0.418 e. The molecule has 1 aromatic carbocycles. The monoisotopic (exact) mass is 305 g/mol. The molecule has 0 bridgehead atoms. The molecule has 4 nitrogen and oxygen atoms in total. The molecule has 1 atom stereocenters. The van der Waals surface area contributed by atoms with Gasteiger partial charge >= 0.3 is 6.18 Å². The summed E-state index contributed by atoms with van der Waals surface area (Å²) < 4.78 is 43.7. The van der Waals surface area contributed by atoms with E-state index >= 15 is 0 Å². The number of benzene rings is 1. The fourth-order valence-corrected chi connectivity index (χ4v) is 1.70. The third kappa shape index (κ3) is 5.73. The van der Waals surface area contributed by atoms with Gasteiger partial charge in [0, 0.05) is 20.2 Å². The van der Waals surface area contributed by atoms with E-state index < -0.39 is 24.8 Å². The van der Waals surface area contributed by atoms with E-state index in [9.17, 15) is 18.0 Å². The Morgan fingerprint density at radius 2 is 1.95 bits per heavy atom. The van der Waals surface area contributed by atoms with Crippen molar-refractivity contribution in [3.05, 3.63) is 35.9 Å². The zero-order valence-corrected chi connectivity index (χ0v) is 11.6. The maximum atomic E-state index is 13.0. The van der Waals surface area contributed by atoms with E-state index in [1.807, 2.05) is 0 Å². The minimum Gasteiger partial charge on any atom is -0.396 e. The zero-order chi connectivity index (χ0) is 15.9. The molecule has 0 aliphatic carbocycles. The van der Waals surface area contributed by atoms with Crippen LogP contribution >= 0.6 is 0 Å². The summed E-state index contributed by atoms with van der Waals surface area (Å²) in [5.41, 5.74) is -0.0455. The van der Waals surface area contributed by atoms with Crippen molar-refractivity contribution >= 4 is 5.91 Å². The lowest BCUT2D eigenvalue weighted by molar-refractivity contribution is -0.224. The Morgan fingerprint density at radius 3 is 2.48 bits per heavy atom. The summed E-state index contributed by atoms with van der Waals surface area (Å²) in [6.07, 6.45) is -6.36. The van der Waals surface area contributed by atoms with Crippen LogP contribution in [0.3, 0.4) is 0 Å². The molecule has 1 N–H and O–H groups in total. The number of carbonyl (C=O) groups excluding carboxylic acids is 1. The van der Waals surface area contributed by atoms with Crippen LogP contribution < -0.4 is 0 Å². The van der Waals surface area contributed by atoms with Crippen LogP contribution in [0, 0.1) is 0 Å². The van der Waals surface area contributed by atoms with E-state index in [2.05, 4.69) is 0 Å². The van der Waals surface area contributed by atoms with Gasteiger partial charge in [-0.25, -0.2) is 0 Å². The average molecular weight is 305 g/mol. The van der Waals surface area contributed by atoms with Gasteiger partial charge in [-0.3, -0.25) is 4.79 Å². The van der Waals surface area contributed by atoms with Crippen LogP contribution in [0.5, 0.6) is 0 Å². The van der Waals surface area contributed by atoms with Crippen molar-refractivity contribution < 1.29 is 27.8 Å². The molecule has 0 aromatic heterocycles. The second kappa shape index (κ2) is 7.99. The number of likely N-dealkylation sites (N-methyl/N-ethyl adjacent to an activating group) is 1. The van der Waals surface area contributed by atoms with Crippen molar-refractivity contribution in [3.63, 3.8) is 0 Å². The lowest BCUT2D eigenvalue weighted by atomic mass is 10.1. The Kier molecular flexibility index (Phi) is 6.64. The lowest BCUT2D eigenvalue weighted by Crippen LogP contribution is -2.34. The molecule has 0 aliphatic heterocycles. The highest BCUT2D eigenvalue weighted by Gasteiger charge is 2.42. The van der Waals surface area contributed by atoms with Crippen molar-refractivity contribution in [3.8, 4) is 0 Å². The quantitative estimate of drug-likeness (QED) is 0.840.